The molecule has 1 aliphatic heterocycles. The van der Waals surface area contributed by atoms with Gasteiger partial charge in [-0.3, -0.25) is 9.59 Å². The summed E-state index contributed by atoms with van der Waals surface area (Å²) < 4.78 is 0. The Morgan fingerprint density at radius 1 is 1.29 bits per heavy atom. The van der Waals surface area contributed by atoms with Crippen LogP contribution in [0.5, 0.6) is 0 Å². The molecule has 0 bridgehead atoms. The Balaban J connectivity index is 1.54. The van der Waals surface area contributed by atoms with Gasteiger partial charge < -0.3 is 4.98 Å². The third-order valence-corrected chi connectivity index (χ3v) is 6.82. The van der Waals surface area contributed by atoms with Crippen LogP contribution < -0.4 is 5.56 Å². The summed E-state index contributed by atoms with van der Waals surface area (Å²) in [6.45, 7) is 4.09. The summed E-state index contributed by atoms with van der Waals surface area (Å²) in [7, 11) is 0. The summed E-state index contributed by atoms with van der Waals surface area (Å²) in [5, 5.41) is 8.78. The maximum Gasteiger partial charge on any atom is 0.253 e. The van der Waals surface area contributed by atoms with Gasteiger partial charge in [0.1, 0.15) is 0 Å². The quantitative estimate of drug-likeness (QED) is 0.421. The number of hydrogen-bond donors (Lipinski definition) is 1. The molecule has 0 unspecified atom stereocenters. The molecule has 1 atom stereocenters. The van der Waals surface area contributed by atoms with E-state index in [0.29, 0.717) is 11.6 Å². The Hall–Kier alpha value is -2.71. The van der Waals surface area contributed by atoms with Gasteiger partial charge in [-0.05, 0) is 30.4 Å². The van der Waals surface area contributed by atoms with Gasteiger partial charge in [-0.2, -0.15) is 5.10 Å². The van der Waals surface area contributed by atoms with Crippen LogP contribution in [0.1, 0.15) is 47.5 Å². The normalized spacial score (nSPS) is 15.9. The number of hydrazone groups is 1. The van der Waals surface area contributed by atoms with Gasteiger partial charge in [0.2, 0.25) is 0 Å². The van der Waals surface area contributed by atoms with E-state index in [0.717, 1.165) is 34.7 Å². The smallest absolute Gasteiger partial charge is 0.253 e. The second-order valence-electron chi connectivity index (χ2n) is 7.47. The first kappa shape index (κ1) is 21.5. The molecule has 0 saturated heterocycles. The van der Waals surface area contributed by atoms with Crippen LogP contribution in [-0.4, -0.2) is 32.3 Å². The number of hydrogen-bond acceptors (Lipinski definition) is 6. The van der Waals surface area contributed by atoms with Crippen LogP contribution >= 0.6 is 23.1 Å². The first-order valence-corrected chi connectivity index (χ1v) is 12.1. The number of carbonyl (C=O) groups is 1. The van der Waals surface area contributed by atoms with Crippen LogP contribution in [0, 0.1) is 6.92 Å². The predicted octanol–water partition coefficient (Wildman–Crippen LogP) is 4.56. The van der Waals surface area contributed by atoms with Gasteiger partial charge in [-0.15, -0.1) is 11.3 Å². The third-order valence-electron chi connectivity index (χ3n) is 5.05. The minimum Gasteiger partial charge on any atom is -0.301 e. The molecule has 0 fully saturated rings. The summed E-state index contributed by atoms with van der Waals surface area (Å²) in [6.07, 6.45) is 2.33. The number of aromatic amines is 1. The second kappa shape index (κ2) is 9.62. The first-order valence-electron chi connectivity index (χ1n) is 10.3. The fraction of sp³-hybridized carbons (Fsp3) is 0.304. The van der Waals surface area contributed by atoms with E-state index in [1.807, 2.05) is 31.4 Å². The minimum absolute atomic E-state index is 0.106. The van der Waals surface area contributed by atoms with Crippen molar-refractivity contribution in [3.8, 4) is 0 Å². The lowest BCUT2D eigenvalue weighted by Gasteiger charge is -2.22. The molecule has 4 rings (SSSR count). The topological polar surface area (TPSA) is 78.4 Å². The van der Waals surface area contributed by atoms with Gasteiger partial charge in [0.05, 0.1) is 22.4 Å². The first-order chi connectivity index (χ1) is 15.0. The summed E-state index contributed by atoms with van der Waals surface area (Å²) in [4.78, 5) is 33.3. The molecule has 1 amide bonds. The van der Waals surface area contributed by atoms with Gasteiger partial charge in [0.15, 0.2) is 5.16 Å². The monoisotopic (exact) mass is 452 g/mol. The number of nitrogens with one attached hydrogen (secondary N) is 1. The van der Waals surface area contributed by atoms with Crippen molar-refractivity contribution in [2.24, 2.45) is 5.10 Å². The number of thiophene rings is 1. The average molecular weight is 453 g/mol. The number of aromatic nitrogens is 2. The van der Waals surface area contributed by atoms with Crippen LogP contribution in [0.15, 0.2) is 62.9 Å². The Bertz CT molecular complexity index is 1140. The maximum absolute atomic E-state index is 13.2. The fourth-order valence-electron chi connectivity index (χ4n) is 3.51. The van der Waals surface area contributed by atoms with E-state index in [-0.39, 0.29) is 23.3 Å². The van der Waals surface area contributed by atoms with Crippen molar-refractivity contribution >= 4 is 34.7 Å². The number of aryl methyl sites for hydroxylation is 2. The molecule has 2 aromatic heterocycles. The highest BCUT2D eigenvalue weighted by Gasteiger charge is 2.33. The molecule has 0 spiro atoms. The van der Waals surface area contributed by atoms with E-state index in [9.17, 15) is 9.59 Å². The lowest BCUT2D eigenvalue weighted by Crippen LogP contribution is -2.28. The Kier molecular flexibility index (Phi) is 6.67. The van der Waals surface area contributed by atoms with Crippen LogP contribution in [-0.2, 0) is 11.2 Å². The number of benzene rings is 1. The third kappa shape index (κ3) is 5.14. The standard InChI is InChI=1S/C23H24N4O2S2/c1-3-5-17-12-21(28)25-23(24-17)31-14-22(29)27-19(16-9-7-15(2)8-10-16)13-18(26-27)20-6-4-11-30-20/h4,6-12,19H,3,5,13-14H2,1-2H3,(H,24,25,28)/t19-/m0/s1. The van der Waals surface area contributed by atoms with E-state index in [1.165, 1.54) is 23.4 Å². The molecule has 0 radical (unpaired) electrons. The van der Waals surface area contributed by atoms with Crippen molar-refractivity contribution in [1.29, 1.82) is 0 Å². The maximum atomic E-state index is 13.2. The van der Waals surface area contributed by atoms with Crippen molar-refractivity contribution in [2.45, 2.75) is 44.3 Å². The lowest BCUT2D eigenvalue weighted by atomic mass is 10.00. The summed E-state index contributed by atoms with van der Waals surface area (Å²) >= 11 is 2.87. The van der Waals surface area contributed by atoms with Crippen molar-refractivity contribution in [2.75, 3.05) is 5.75 Å². The SMILES string of the molecule is CCCc1cc(=O)[nH]c(SCC(=O)N2N=C(c3cccs3)C[C@H]2c2ccc(C)cc2)n1. The number of thioether (sulfide) groups is 1. The number of nitrogens with zero attached hydrogens (tertiary/aromatic N) is 3. The molecule has 3 heterocycles. The van der Waals surface area contributed by atoms with E-state index in [2.05, 4.69) is 34.2 Å². The highest BCUT2D eigenvalue weighted by molar-refractivity contribution is 7.99. The van der Waals surface area contributed by atoms with Crippen LogP contribution in [0.25, 0.3) is 0 Å². The van der Waals surface area contributed by atoms with Gasteiger partial charge in [-0.25, -0.2) is 9.99 Å². The van der Waals surface area contributed by atoms with Gasteiger partial charge >= 0.3 is 0 Å². The number of amides is 1. The van der Waals surface area contributed by atoms with Crippen molar-refractivity contribution in [3.05, 3.63) is 79.9 Å². The van der Waals surface area contributed by atoms with Crippen molar-refractivity contribution < 1.29 is 4.79 Å². The molecule has 1 aliphatic rings. The molecule has 0 saturated carbocycles. The zero-order valence-corrected chi connectivity index (χ0v) is 19.1. The van der Waals surface area contributed by atoms with E-state index < -0.39 is 0 Å². The minimum atomic E-state index is -0.190. The number of carbonyl (C=O) groups excluding carboxylic acids is 1. The van der Waals surface area contributed by atoms with Crippen LogP contribution in [0.2, 0.25) is 0 Å². The van der Waals surface area contributed by atoms with Gasteiger partial charge in [0, 0.05) is 18.2 Å². The molecule has 6 nitrogen and oxygen atoms in total. The van der Waals surface area contributed by atoms with Gasteiger partial charge in [-0.1, -0.05) is 61.0 Å². The highest BCUT2D eigenvalue weighted by atomic mass is 32.2. The van der Waals surface area contributed by atoms with Crippen molar-refractivity contribution in [3.63, 3.8) is 0 Å². The van der Waals surface area contributed by atoms with Crippen LogP contribution in [0.4, 0.5) is 0 Å². The largest absolute Gasteiger partial charge is 0.301 e. The molecule has 0 aliphatic carbocycles. The fourth-order valence-corrected chi connectivity index (χ4v) is 4.98. The zero-order valence-electron chi connectivity index (χ0n) is 17.5. The molecule has 1 aromatic carbocycles. The van der Waals surface area contributed by atoms with Gasteiger partial charge in [0.25, 0.3) is 11.5 Å². The molecule has 1 N–H and O–H groups in total. The summed E-state index contributed by atoms with van der Waals surface area (Å²) in [5.41, 5.74) is 3.73. The number of H-pyrrole nitrogens is 1. The summed E-state index contributed by atoms with van der Waals surface area (Å²) in [6, 6.07) is 13.7. The molecular weight excluding hydrogens is 428 g/mol. The lowest BCUT2D eigenvalue weighted by molar-refractivity contribution is -0.130. The Labute approximate surface area is 189 Å². The van der Waals surface area contributed by atoms with Crippen molar-refractivity contribution in [1.82, 2.24) is 15.0 Å². The molecular formula is C23H24N4O2S2. The predicted molar refractivity (Wildman–Crippen MR) is 126 cm³/mol. The van der Waals surface area contributed by atoms with Crippen LogP contribution in [0.3, 0.4) is 0 Å². The van der Waals surface area contributed by atoms with E-state index in [4.69, 9.17) is 5.10 Å². The average Bonchev–Trinajstić information content (AvgIpc) is 3.42. The zero-order chi connectivity index (χ0) is 21.8. The molecule has 31 heavy (non-hydrogen) atoms. The van der Waals surface area contributed by atoms with E-state index >= 15 is 0 Å². The molecule has 8 heteroatoms. The van der Waals surface area contributed by atoms with E-state index in [1.54, 1.807) is 16.3 Å². The number of rotatable bonds is 7. The highest BCUT2D eigenvalue weighted by Crippen LogP contribution is 2.34. The molecule has 3 aromatic rings. The Morgan fingerprint density at radius 3 is 2.81 bits per heavy atom. The molecule has 160 valence electrons. The Morgan fingerprint density at radius 2 is 2.10 bits per heavy atom. The summed E-state index contributed by atoms with van der Waals surface area (Å²) in [5.74, 6) is 0.0490. The second-order valence-corrected chi connectivity index (χ2v) is 9.39.